The van der Waals surface area contributed by atoms with Crippen molar-refractivity contribution >= 4 is 8.25 Å². The van der Waals surface area contributed by atoms with Gasteiger partial charge in [-0.15, -0.1) is 0 Å². The molecule has 0 aromatic carbocycles. The van der Waals surface area contributed by atoms with Gasteiger partial charge in [-0.05, 0) is 6.42 Å². The van der Waals surface area contributed by atoms with E-state index in [4.69, 9.17) is 4.89 Å². The topological polar surface area (TPSA) is 46.5 Å². The second-order valence-electron chi connectivity index (χ2n) is 1.47. The van der Waals surface area contributed by atoms with Crippen LogP contribution in [0.3, 0.4) is 0 Å². The molecule has 1 N–H and O–H groups in total. The van der Waals surface area contributed by atoms with Crippen LogP contribution in [0.15, 0.2) is 0 Å². The van der Waals surface area contributed by atoms with Crippen LogP contribution in [-0.4, -0.2) is 11.5 Å². The Balaban J connectivity index is 0. The molecule has 5 heteroatoms. The van der Waals surface area contributed by atoms with Crippen LogP contribution in [-0.2, 0) is 26.2 Å². The zero-order valence-corrected chi connectivity index (χ0v) is 7.13. The molecule has 1 unspecified atom stereocenters. The van der Waals surface area contributed by atoms with E-state index in [0.717, 1.165) is 12.8 Å². The molecule has 1 radical (unpaired) electrons. The molecule has 61 valence electrons. The monoisotopic (exact) mass is 201 g/mol. The molecule has 0 aliphatic heterocycles. The normalized spacial score (nSPS) is 12.2. The molecule has 0 heterocycles. The fourth-order valence-electron chi connectivity index (χ4n) is 0.304. The molecule has 9 heavy (non-hydrogen) atoms. The molecular formula is C4H11CuO3P. The Kier molecular flexibility index (Phi) is 11.9. The van der Waals surface area contributed by atoms with Gasteiger partial charge in [0.25, 0.3) is 0 Å². The van der Waals surface area contributed by atoms with E-state index in [-0.39, 0.29) is 17.1 Å². The van der Waals surface area contributed by atoms with Gasteiger partial charge in [-0.2, -0.15) is 0 Å². The van der Waals surface area contributed by atoms with Crippen LogP contribution in [0, 0.1) is 0 Å². The molecule has 0 bridgehead atoms. The van der Waals surface area contributed by atoms with E-state index < -0.39 is 8.25 Å². The summed E-state index contributed by atoms with van der Waals surface area (Å²) < 4.78 is 14.2. The largest absolute Gasteiger partial charge is 0.326 e. The van der Waals surface area contributed by atoms with Crippen molar-refractivity contribution in [3.05, 3.63) is 0 Å². The molecule has 3 nitrogen and oxygen atoms in total. The molecule has 0 aliphatic carbocycles. The van der Waals surface area contributed by atoms with Crippen molar-refractivity contribution in [1.82, 2.24) is 0 Å². The van der Waals surface area contributed by atoms with Crippen molar-refractivity contribution in [2.75, 3.05) is 6.61 Å². The maximum atomic E-state index is 9.84. The zero-order chi connectivity index (χ0) is 6.41. The third kappa shape index (κ3) is 12.0. The smallest absolute Gasteiger partial charge is 0.316 e. The quantitative estimate of drug-likeness (QED) is 0.422. The van der Waals surface area contributed by atoms with Crippen molar-refractivity contribution < 1.29 is 31.1 Å². The Bertz CT molecular complexity index is 78.2. The molecule has 0 aromatic heterocycles. The molecular weight excluding hydrogens is 191 g/mol. The minimum absolute atomic E-state index is 0. The number of rotatable bonds is 4. The Labute approximate surface area is 66.2 Å². The molecule has 1 atom stereocenters. The van der Waals surface area contributed by atoms with E-state index in [9.17, 15) is 4.57 Å². The predicted molar refractivity (Wildman–Crippen MR) is 32.1 cm³/mol. The summed E-state index contributed by atoms with van der Waals surface area (Å²) in [5.74, 6) is 0. The Morgan fingerprint density at radius 2 is 2.22 bits per heavy atom. The van der Waals surface area contributed by atoms with Crippen molar-refractivity contribution in [2.24, 2.45) is 0 Å². The van der Waals surface area contributed by atoms with Crippen LogP contribution in [0.5, 0.6) is 0 Å². The Morgan fingerprint density at radius 1 is 1.67 bits per heavy atom. The fraction of sp³-hybridized carbons (Fsp3) is 1.00. The van der Waals surface area contributed by atoms with E-state index in [1.54, 1.807) is 0 Å². The summed E-state index contributed by atoms with van der Waals surface area (Å²) in [5.41, 5.74) is 0. The third-order valence-corrected chi connectivity index (χ3v) is 1.17. The Hall–Kier alpha value is 0.669. The van der Waals surface area contributed by atoms with E-state index in [1.807, 2.05) is 6.92 Å². The summed E-state index contributed by atoms with van der Waals surface area (Å²) in [6.07, 6.45) is 1.85. The van der Waals surface area contributed by atoms with Crippen molar-refractivity contribution in [1.29, 1.82) is 0 Å². The molecule has 0 aromatic rings. The molecule has 0 rings (SSSR count). The van der Waals surface area contributed by atoms with Crippen LogP contribution in [0.25, 0.3) is 0 Å². The van der Waals surface area contributed by atoms with Gasteiger partial charge in [0.05, 0.1) is 6.61 Å². The van der Waals surface area contributed by atoms with Gasteiger partial charge in [-0.25, -0.2) is 0 Å². The molecule has 0 spiro atoms. The van der Waals surface area contributed by atoms with E-state index >= 15 is 0 Å². The van der Waals surface area contributed by atoms with Gasteiger partial charge < -0.3 is 9.42 Å². The molecule has 0 fully saturated rings. The van der Waals surface area contributed by atoms with Crippen LogP contribution >= 0.6 is 8.25 Å². The maximum Gasteiger partial charge on any atom is 0.316 e. The van der Waals surface area contributed by atoms with Crippen LogP contribution in [0.1, 0.15) is 19.8 Å². The van der Waals surface area contributed by atoms with Gasteiger partial charge in [-0.3, -0.25) is 4.57 Å². The third-order valence-electron chi connectivity index (χ3n) is 0.723. The van der Waals surface area contributed by atoms with Crippen LogP contribution in [0.2, 0.25) is 0 Å². The van der Waals surface area contributed by atoms with E-state index in [1.165, 1.54) is 0 Å². The van der Waals surface area contributed by atoms with E-state index in [0.29, 0.717) is 6.61 Å². The van der Waals surface area contributed by atoms with Crippen molar-refractivity contribution in [2.45, 2.75) is 19.8 Å². The zero-order valence-electron chi connectivity index (χ0n) is 5.19. The number of unbranched alkanes of at least 4 members (excludes halogenated alkanes) is 1. The minimum atomic E-state index is -2.66. The SMILES string of the molecule is CCCCO[PH](=O)O.[Cu]. The summed E-state index contributed by atoms with van der Waals surface area (Å²) in [6, 6.07) is 0. The first kappa shape index (κ1) is 12.4. The minimum Gasteiger partial charge on any atom is -0.326 e. The van der Waals surface area contributed by atoms with E-state index in [2.05, 4.69) is 4.52 Å². The number of hydrogen-bond acceptors (Lipinski definition) is 2. The maximum absolute atomic E-state index is 9.84. The van der Waals surface area contributed by atoms with Crippen molar-refractivity contribution in [3.63, 3.8) is 0 Å². The summed E-state index contributed by atoms with van der Waals surface area (Å²) in [4.78, 5) is 8.10. The summed E-state index contributed by atoms with van der Waals surface area (Å²) >= 11 is 0. The molecule has 0 saturated carbocycles. The molecule has 0 saturated heterocycles. The first-order valence-corrected chi connectivity index (χ1v) is 3.89. The van der Waals surface area contributed by atoms with Crippen LogP contribution in [0.4, 0.5) is 0 Å². The summed E-state index contributed by atoms with van der Waals surface area (Å²) in [5, 5.41) is 0. The Morgan fingerprint density at radius 3 is 2.56 bits per heavy atom. The predicted octanol–water partition coefficient (Wildman–Crippen LogP) is 1.18. The molecule has 0 aliphatic rings. The standard InChI is InChI=1S/C4H11O3P.Cu/c1-2-3-4-7-8(5)6;/h8H,2-4H2,1H3,(H,5,6);. The van der Waals surface area contributed by atoms with Crippen molar-refractivity contribution in [3.8, 4) is 0 Å². The van der Waals surface area contributed by atoms with Gasteiger partial charge in [0.15, 0.2) is 0 Å². The van der Waals surface area contributed by atoms with Gasteiger partial charge in [-0.1, -0.05) is 13.3 Å². The second-order valence-corrected chi connectivity index (χ2v) is 2.29. The van der Waals surface area contributed by atoms with Gasteiger partial charge in [0, 0.05) is 17.1 Å². The van der Waals surface area contributed by atoms with Gasteiger partial charge >= 0.3 is 8.25 Å². The van der Waals surface area contributed by atoms with Gasteiger partial charge in [0.2, 0.25) is 0 Å². The van der Waals surface area contributed by atoms with Crippen LogP contribution < -0.4 is 0 Å². The first-order valence-electron chi connectivity index (χ1n) is 2.63. The summed E-state index contributed by atoms with van der Waals surface area (Å²) in [6.45, 7) is 2.41. The molecule has 0 amide bonds. The fourth-order valence-corrected chi connectivity index (χ4v) is 0.623. The average Bonchev–Trinajstić information content (AvgIpc) is 1.66. The summed E-state index contributed by atoms with van der Waals surface area (Å²) in [7, 11) is -2.66. The average molecular weight is 202 g/mol. The second kappa shape index (κ2) is 8.67. The number of hydrogen-bond donors (Lipinski definition) is 1. The first-order chi connectivity index (χ1) is 3.77. The van der Waals surface area contributed by atoms with Gasteiger partial charge in [0.1, 0.15) is 0 Å².